The summed E-state index contributed by atoms with van der Waals surface area (Å²) >= 11 is 7.37. The van der Waals surface area contributed by atoms with E-state index in [1.165, 1.54) is 11.8 Å². The van der Waals surface area contributed by atoms with Crippen LogP contribution in [0.1, 0.15) is 26.5 Å². The molecule has 1 aromatic carbocycles. The Morgan fingerprint density at radius 2 is 1.83 bits per heavy atom. The van der Waals surface area contributed by atoms with Crippen molar-refractivity contribution in [3.8, 4) is 11.1 Å². The predicted octanol–water partition coefficient (Wildman–Crippen LogP) is 3.59. The average molecular weight is 434 g/mol. The van der Waals surface area contributed by atoms with Crippen molar-refractivity contribution >= 4 is 35.1 Å². The largest absolute Gasteiger partial charge is 0.383 e. The van der Waals surface area contributed by atoms with Gasteiger partial charge in [0, 0.05) is 36.8 Å². The second kappa shape index (κ2) is 9.78. The van der Waals surface area contributed by atoms with E-state index in [1.54, 1.807) is 0 Å². The molecule has 156 valence electrons. The van der Waals surface area contributed by atoms with Gasteiger partial charge in [-0.3, -0.25) is 4.79 Å². The van der Waals surface area contributed by atoms with Crippen molar-refractivity contribution in [3.05, 3.63) is 35.0 Å². The third-order valence-corrected chi connectivity index (χ3v) is 6.42. The van der Waals surface area contributed by atoms with Gasteiger partial charge in [-0.15, -0.1) is 0 Å². The highest BCUT2D eigenvalue weighted by Crippen LogP contribution is 2.32. The molecule has 1 aromatic heterocycles. The van der Waals surface area contributed by atoms with Gasteiger partial charge in [-0.25, -0.2) is 9.97 Å². The van der Waals surface area contributed by atoms with Crippen LogP contribution in [0.3, 0.4) is 0 Å². The van der Waals surface area contributed by atoms with Gasteiger partial charge in [0.25, 0.3) is 0 Å². The Labute approximate surface area is 181 Å². The molecule has 1 aliphatic rings. The lowest BCUT2D eigenvalue weighted by Crippen LogP contribution is -2.50. The first-order chi connectivity index (χ1) is 13.9. The van der Waals surface area contributed by atoms with Crippen LogP contribution < -0.4 is 5.73 Å². The first-order valence-electron chi connectivity index (χ1n) is 10.0. The summed E-state index contributed by atoms with van der Waals surface area (Å²) < 4.78 is 0. The molecular weight excluding hydrogens is 406 g/mol. The number of anilines is 1. The molecule has 2 aromatic rings. The second-order valence-electron chi connectivity index (χ2n) is 7.09. The predicted molar refractivity (Wildman–Crippen MR) is 120 cm³/mol. The van der Waals surface area contributed by atoms with Crippen LogP contribution in [0.15, 0.2) is 29.4 Å². The van der Waals surface area contributed by atoms with Crippen LogP contribution in [0, 0.1) is 0 Å². The second-order valence-corrected chi connectivity index (χ2v) is 8.84. The quantitative estimate of drug-likeness (QED) is 0.554. The molecular formula is C21H28ClN5OS. The number of piperazine rings is 1. The number of amides is 1. The molecule has 29 heavy (non-hydrogen) atoms. The standard InChI is InChI=1S/C21H28ClN5OS/c1-4-17-18(15-6-8-16(22)9-7-15)19(23)25-21(24-17)29-14(3)20(28)27-12-10-26(5-2)11-13-27/h6-9,14H,4-5,10-13H2,1-3H3,(H2,23,24,25). The number of nitrogens with zero attached hydrogens (tertiary/aromatic N) is 4. The van der Waals surface area contributed by atoms with E-state index in [-0.39, 0.29) is 11.2 Å². The van der Waals surface area contributed by atoms with Gasteiger partial charge >= 0.3 is 0 Å². The van der Waals surface area contributed by atoms with Crippen LogP contribution in [-0.2, 0) is 11.2 Å². The molecule has 1 atom stereocenters. The summed E-state index contributed by atoms with van der Waals surface area (Å²) in [5, 5.41) is 0.962. The highest BCUT2D eigenvalue weighted by Gasteiger charge is 2.26. The van der Waals surface area contributed by atoms with Gasteiger partial charge in [-0.2, -0.15) is 0 Å². The number of aryl methyl sites for hydroxylation is 1. The summed E-state index contributed by atoms with van der Waals surface area (Å²) in [5.74, 6) is 0.561. The first kappa shape index (κ1) is 21.9. The van der Waals surface area contributed by atoms with E-state index in [2.05, 4.69) is 16.8 Å². The summed E-state index contributed by atoms with van der Waals surface area (Å²) in [5.41, 5.74) is 8.95. The minimum atomic E-state index is -0.256. The zero-order chi connectivity index (χ0) is 21.0. The summed E-state index contributed by atoms with van der Waals surface area (Å²) in [6, 6.07) is 7.51. The number of carbonyl (C=O) groups is 1. The van der Waals surface area contributed by atoms with Crippen molar-refractivity contribution in [1.29, 1.82) is 0 Å². The lowest BCUT2D eigenvalue weighted by Gasteiger charge is -2.35. The molecule has 0 aliphatic carbocycles. The molecule has 1 saturated heterocycles. The molecule has 1 aliphatic heterocycles. The van der Waals surface area contributed by atoms with E-state index in [0.717, 1.165) is 56.0 Å². The maximum Gasteiger partial charge on any atom is 0.235 e. The van der Waals surface area contributed by atoms with Crippen LogP contribution in [-0.4, -0.2) is 63.6 Å². The van der Waals surface area contributed by atoms with Gasteiger partial charge in [-0.05, 0) is 37.6 Å². The Morgan fingerprint density at radius 3 is 2.41 bits per heavy atom. The Hall–Kier alpha value is -1.83. The minimum Gasteiger partial charge on any atom is -0.383 e. The lowest BCUT2D eigenvalue weighted by molar-refractivity contribution is -0.132. The van der Waals surface area contributed by atoms with E-state index >= 15 is 0 Å². The Morgan fingerprint density at radius 1 is 1.17 bits per heavy atom. The number of likely N-dealkylation sites (N-methyl/N-ethyl adjacent to an activating group) is 1. The molecule has 2 N–H and O–H groups in total. The minimum absolute atomic E-state index is 0.132. The van der Waals surface area contributed by atoms with Crippen molar-refractivity contribution in [2.24, 2.45) is 0 Å². The number of thioether (sulfide) groups is 1. The number of benzene rings is 1. The fourth-order valence-electron chi connectivity index (χ4n) is 3.49. The average Bonchev–Trinajstić information content (AvgIpc) is 2.73. The number of hydrogen-bond donors (Lipinski definition) is 1. The number of nitrogens with two attached hydrogens (primary N) is 1. The van der Waals surface area contributed by atoms with E-state index in [1.807, 2.05) is 43.0 Å². The maximum absolute atomic E-state index is 12.8. The topological polar surface area (TPSA) is 75.4 Å². The van der Waals surface area contributed by atoms with Gasteiger partial charge in [0.05, 0.1) is 10.9 Å². The zero-order valence-corrected chi connectivity index (χ0v) is 18.8. The van der Waals surface area contributed by atoms with E-state index in [0.29, 0.717) is 16.0 Å². The molecule has 1 unspecified atom stereocenters. The zero-order valence-electron chi connectivity index (χ0n) is 17.2. The van der Waals surface area contributed by atoms with Crippen molar-refractivity contribution in [2.45, 2.75) is 37.6 Å². The number of nitrogen functional groups attached to an aromatic ring is 1. The Balaban J connectivity index is 1.75. The van der Waals surface area contributed by atoms with Gasteiger partial charge < -0.3 is 15.5 Å². The number of carbonyl (C=O) groups excluding carboxylic acids is 1. The van der Waals surface area contributed by atoms with Gasteiger partial charge in [0.15, 0.2) is 5.16 Å². The summed E-state index contributed by atoms with van der Waals surface area (Å²) in [6.07, 6.45) is 0.722. The molecule has 0 saturated carbocycles. The molecule has 1 fully saturated rings. The van der Waals surface area contributed by atoms with E-state index in [4.69, 9.17) is 22.3 Å². The number of rotatable bonds is 6. The van der Waals surface area contributed by atoms with Crippen molar-refractivity contribution in [3.63, 3.8) is 0 Å². The van der Waals surface area contributed by atoms with Gasteiger partial charge in [-0.1, -0.05) is 49.3 Å². The fourth-order valence-corrected chi connectivity index (χ4v) is 4.50. The van der Waals surface area contributed by atoms with Crippen LogP contribution >= 0.6 is 23.4 Å². The van der Waals surface area contributed by atoms with Crippen LogP contribution in [0.5, 0.6) is 0 Å². The fraction of sp³-hybridized carbons (Fsp3) is 0.476. The maximum atomic E-state index is 12.8. The normalized spacial score (nSPS) is 16.1. The van der Waals surface area contributed by atoms with E-state index < -0.39 is 0 Å². The number of halogens is 1. The van der Waals surface area contributed by atoms with Gasteiger partial charge in [0.1, 0.15) is 5.82 Å². The number of aromatic nitrogens is 2. The number of hydrogen-bond acceptors (Lipinski definition) is 6. The first-order valence-corrected chi connectivity index (χ1v) is 11.3. The Bertz CT molecular complexity index is 853. The summed E-state index contributed by atoms with van der Waals surface area (Å²) in [4.78, 5) is 26.3. The van der Waals surface area contributed by atoms with Crippen LogP contribution in [0.4, 0.5) is 5.82 Å². The molecule has 6 nitrogen and oxygen atoms in total. The van der Waals surface area contributed by atoms with E-state index in [9.17, 15) is 4.79 Å². The molecule has 0 spiro atoms. The molecule has 3 rings (SSSR count). The monoisotopic (exact) mass is 433 g/mol. The smallest absolute Gasteiger partial charge is 0.235 e. The molecule has 1 amide bonds. The Kier molecular flexibility index (Phi) is 7.38. The molecule has 0 bridgehead atoms. The summed E-state index contributed by atoms with van der Waals surface area (Å²) in [7, 11) is 0. The third kappa shape index (κ3) is 5.21. The van der Waals surface area contributed by atoms with Crippen molar-refractivity contribution < 1.29 is 4.79 Å². The SMILES string of the molecule is CCc1nc(SC(C)C(=O)N2CCN(CC)CC2)nc(N)c1-c1ccc(Cl)cc1. The molecule has 2 heterocycles. The highest BCUT2D eigenvalue weighted by molar-refractivity contribution is 8.00. The highest BCUT2D eigenvalue weighted by atomic mass is 35.5. The van der Waals surface area contributed by atoms with Crippen molar-refractivity contribution in [2.75, 3.05) is 38.5 Å². The molecule has 0 radical (unpaired) electrons. The summed E-state index contributed by atoms with van der Waals surface area (Å²) in [6.45, 7) is 10.5. The van der Waals surface area contributed by atoms with Gasteiger partial charge in [0.2, 0.25) is 5.91 Å². The molecule has 8 heteroatoms. The lowest BCUT2D eigenvalue weighted by atomic mass is 10.0. The van der Waals surface area contributed by atoms with Crippen LogP contribution in [0.2, 0.25) is 5.02 Å². The van der Waals surface area contributed by atoms with Crippen LogP contribution in [0.25, 0.3) is 11.1 Å². The van der Waals surface area contributed by atoms with Crippen molar-refractivity contribution in [1.82, 2.24) is 19.8 Å². The third-order valence-electron chi connectivity index (χ3n) is 5.22.